The maximum atomic E-state index is 5.94. The van der Waals surface area contributed by atoms with Crippen molar-refractivity contribution in [2.24, 2.45) is 5.73 Å². The van der Waals surface area contributed by atoms with Crippen molar-refractivity contribution < 1.29 is 0 Å². The molecule has 0 saturated carbocycles. The van der Waals surface area contributed by atoms with E-state index in [2.05, 4.69) is 14.9 Å². The van der Waals surface area contributed by atoms with Gasteiger partial charge in [0.2, 0.25) is 5.95 Å². The summed E-state index contributed by atoms with van der Waals surface area (Å²) >= 11 is 0. The molecule has 1 fully saturated rings. The van der Waals surface area contributed by atoms with Gasteiger partial charge in [-0.2, -0.15) is 0 Å². The number of halogens is 1. The maximum Gasteiger partial charge on any atom is 0.225 e. The maximum absolute atomic E-state index is 5.94. The third kappa shape index (κ3) is 3.06. The Hall–Kier alpha value is -0.870. The van der Waals surface area contributed by atoms with Crippen LogP contribution in [0.15, 0.2) is 6.07 Å². The standard InChI is InChI=1S/C11H18N4.ClH/c1-8-6-9(2)14-11(13-8)15-5-3-4-10(12)7-15;/h6,10H,3-5,7,12H2,1-2H3;1H. The van der Waals surface area contributed by atoms with Crippen LogP contribution in [-0.2, 0) is 0 Å². The Morgan fingerprint density at radius 3 is 2.50 bits per heavy atom. The van der Waals surface area contributed by atoms with E-state index in [-0.39, 0.29) is 18.4 Å². The monoisotopic (exact) mass is 242 g/mol. The largest absolute Gasteiger partial charge is 0.339 e. The first-order chi connectivity index (χ1) is 7.15. The molecule has 1 aliphatic rings. The van der Waals surface area contributed by atoms with Crippen molar-refractivity contribution in [1.82, 2.24) is 9.97 Å². The fourth-order valence-electron chi connectivity index (χ4n) is 2.04. The molecule has 1 saturated heterocycles. The lowest BCUT2D eigenvalue weighted by Gasteiger charge is -2.30. The minimum absolute atomic E-state index is 0. The summed E-state index contributed by atoms with van der Waals surface area (Å²) in [7, 11) is 0. The van der Waals surface area contributed by atoms with Crippen LogP contribution in [-0.4, -0.2) is 29.1 Å². The average molecular weight is 243 g/mol. The highest BCUT2D eigenvalue weighted by Gasteiger charge is 2.18. The molecule has 0 amide bonds. The summed E-state index contributed by atoms with van der Waals surface area (Å²) in [6.07, 6.45) is 2.25. The highest BCUT2D eigenvalue weighted by molar-refractivity contribution is 5.85. The summed E-state index contributed by atoms with van der Waals surface area (Å²) < 4.78 is 0. The molecule has 1 aliphatic heterocycles. The van der Waals surface area contributed by atoms with Crippen molar-refractivity contribution in [1.29, 1.82) is 0 Å². The fourth-order valence-corrected chi connectivity index (χ4v) is 2.04. The number of rotatable bonds is 1. The number of hydrogen-bond acceptors (Lipinski definition) is 4. The molecular formula is C11H19ClN4. The van der Waals surface area contributed by atoms with Crippen molar-refractivity contribution in [2.75, 3.05) is 18.0 Å². The first-order valence-electron chi connectivity index (χ1n) is 5.48. The molecule has 5 heteroatoms. The Morgan fingerprint density at radius 1 is 1.31 bits per heavy atom. The Morgan fingerprint density at radius 2 is 1.94 bits per heavy atom. The Bertz CT molecular complexity index is 336. The Balaban J connectivity index is 0.00000128. The third-order valence-electron chi connectivity index (χ3n) is 2.71. The van der Waals surface area contributed by atoms with Gasteiger partial charge < -0.3 is 10.6 Å². The Labute approximate surface area is 103 Å². The van der Waals surface area contributed by atoms with Crippen molar-refractivity contribution >= 4 is 18.4 Å². The van der Waals surface area contributed by atoms with E-state index in [0.717, 1.165) is 43.3 Å². The molecule has 0 radical (unpaired) electrons. The molecule has 16 heavy (non-hydrogen) atoms. The summed E-state index contributed by atoms with van der Waals surface area (Å²) in [6, 6.07) is 2.26. The van der Waals surface area contributed by atoms with Crippen LogP contribution < -0.4 is 10.6 Å². The smallest absolute Gasteiger partial charge is 0.225 e. The minimum atomic E-state index is 0. The molecule has 90 valence electrons. The van der Waals surface area contributed by atoms with Gasteiger partial charge in [-0.15, -0.1) is 12.4 Å². The molecule has 1 aromatic rings. The molecule has 1 atom stereocenters. The molecule has 2 rings (SSSR count). The van der Waals surface area contributed by atoms with Crippen molar-refractivity contribution in [3.05, 3.63) is 17.5 Å². The summed E-state index contributed by atoms with van der Waals surface area (Å²) in [5.41, 5.74) is 7.99. The Kier molecular flexibility index (Phi) is 4.50. The summed E-state index contributed by atoms with van der Waals surface area (Å²) in [4.78, 5) is 11.1. The zero-order chi connectivity index (χ0) is 10.8. The van der Waals surface area contributed by atoms with Gasteiger partial charge in [0.1, 0.15) is 0 Å². The van der Waals surface area contributed by atoms with Gasteiger partial charge in [0.15, 0.2) is 0 Å². The van der Waals surface area contributed by atoms with Gasteiger partial charge in [-0.3, -0.25) is 0 Å². The van der Waals surface area contributed by atoms with Crippen LogP contribution in [0.4, 0.5) is 5.95 Å². The van der Waals surface area contributed by atoms with Crippen LogP contribution in [0.2, 0.25) is 0 Å². The number of aryl methyl sites for hydroxylation is 2. The van der Waals surface area contributed by atoms with E-state index >= 15 is 0 Å². The van der Waals surface area contributed by atoms with Crippen LogP contribution in [0.3, 0.4) is 0 Å². The predicted molar refractivity (Wildman–Crippen MR) is 68.2 cm³/mol. The van der Waals surface area contributed by atoms with Gasteiger partial charge in [0, 0.05) is 30.5 Å². The van der Waals surface area contributed by atoms with Gasteiger partial charge >= 0.3 is 0 Å². The predicted octanol–water partition coefficient (Wildman–Crippen LogP) is 1.44. The summed E-state index contributed by atoms with van der Waals surface area (Å²) in [5, 5.41) is 0. The highest BCUT2D eigenvalue weighted by Crippen LogP contribution is 2.15. The number of hydrogen-bond donors (Lipinski definition) is 1. The second-order valence-electron chi connectivity index (χ2n) is 4.30. The lowest BCUT2D eigenvalue weighted by Crippen LogP contribution is -2.43. The molecule has 0 aliphatic carbocycles. The SMILES string of the molecule is Cc1cc(C)nc(N2CCCC(N)C2)n1.Cl. The number of anilines is 1. The molecular weight excluding hydrogens is 224 g/mol. The van der Waals surface area contributed by atoms with E-state index in [4.69, 9.17) is 5.73 Å². The second-order valence-corrected chi connectivity index (χ2v) is 4.30. The normalized spacial score (nSPS) is 20.4. The average Bonchev–Trinajstić information content (AvgIpc) is 2.16. The summed E-state index contributed by atoms with van der Waals surface area (Å²) in [6.45, 7) is 5.91. The zero-order valence-electron chi connectivity index (χ0n) is 9.81. The lowest BCUT2D eigenvalue weighted by molar-refractivity contribution is 0.499. The molecule has 4 nitrogen and oxygen atoms in total. The molecule has 1 aromatic heterocycles. The van der Waals surface area contributed by atoms with Crippen molar-refractivity contribution in [3.63, 3.8) is 0 Å². The molecule has 2 N–H and O–H groups in total. The molecule has 0 spiro atoms. The van der Waals surface area contributed by atoms with Crippen LogP contribution in [0.1, 0.15) is 24.2 Å². The van der Waals surface area contributed by atoms with Crippen LogP contribution in [0.25, 0.3) is 0 Å². The summed E-state index contributed by atoms with van der Waals surface area (Å²) in [5.74, 6) is 0.836. The van der Waals surface area contributed by atoms with E-state index in [1.807, 2.05) is 19.9 Å². The number of aromatic nitrogens is 2. The van der Waals surface area contributed by atoms with Gasteiger partial charge in [0.05, 0.1) is 0 Å². The number of piperidine rings is 1. The molecule has 1 unspecified atom stereocenters. The van der Waals surface area contributed by atoms with Crippen LogP contribution >= 0.6 is 12.4 Å². The topological polar surface area (TPSA) is 55.0 Å². The van der Waals surface area contributed by atoms with Crippen molar-refractivity contribution in [3.8, 4) is 0 Å². The van der Waals surface area contributed by atoms with E-state index < -0.39 is 0 Å². The molecule has 2 heterocycles. The first kappa shape index (κ1) is 13.2. The lowest BCUT2D eigenvalue weighted by atomic mass is 10.1. The van der Waals surface area contributed by atoms with E-state index in [9.17, 15) is 0 Å². The zero-order valence-corrected chi connectivity index (χ0v) is 10.6. The van der Waals surface area contributed by atoms with Crippen LogP contribution in [0, 0.1) is 13.8 Å². The number of nitrogens with zero attached hydrogens (tertiary/aromatic N) is 3. The molecule has 0 aromatic carbocycles. The van der Waals surface area contributed by atoms with E-state index in [1.54, 1.807) is 0 Å². The van der Waals surface area contributed by atoms with E-state index in [1.165, 1.54) is 0 Å². The first-order valence-corrected chi connectivity index (χ1v) is 5.48. The van der Waals surface area contributed by atoms with Crippen molar-refractivity contribution in [2.45, 2.75) is 32.7 Å². The van der Waals surface area contributed by atoms with Gasteiger partial charge in [-0.25, -0.2) is 9.97 Å². The van der Waals surface area contributed by atoms with Gasteiger partial charge in [0.25, 0.3) is 0 Å². The third-order valence-corrected chi connectivity index (χ3v) is 2.71. The van der Waals surface area contributed by atoms with Gasteiger partial charge in [-0.05, 0) is 32.8 Å². The minimum Gasteiger partial charge on any atom is -0.339 e. The quantitative estimate of drug-likeness (QED) is 0.810. The second kappa shape index (κ2) is 5.46. The fraction of sp³-hybridized carbons (Fsp3) is 0.636. The number of nitrogens with two attached hydrogens (primary N) is 1. The van der Waals surface area contributed by atoms with E-state index in [0.29, 0.717) is 0 Å². The molecule has 0 bridgehead atoms. The van der Waals surface area contributed by atoms with Crippen LogP contribution in [0.5, 0.6) is 0 Å². The van der Waals surface area contributed by atoms with Gasteiger partial charge in [-0.1, -0.05) is 0 Å². The highest BCUT2D eigenvalue weighted by atomic mass is 35.5.